The second-order valence-corrected chi connectivity index (χ2v) is 10.8. The molecule has 2 aromatic carbocycles. The number of halogens is 2. The second kappa shape index (κ2) is 10.6. The van der Waals surface area contributed by atoms with Crippen LogP contribution in [-0.2, 0) is 4.79 Å². The van der Waals surface area contributed by atoms with Crippen LogP contribution in [-0.4, -0.2) is 69.8 Å². The number of aliphatic hydroxyl groups is 1. The first-order chi connectivity index (χ1) is 17.4. The molecule has 0 spiro atoms. The van der Waals surface area contributed by atoms with Gasteiger partial charge in [0.1, 0.15) is 0 Å². The standard InChI is InChI=1S/C27H33Cl2N5O2/c1-17-13-33(27(36)25-5-3-4-10-30-25)21(15-35)14-32(17)20-7-9-24-26(12-20)34(16-31-24)18(2)22-8-6-19(28)11-23(22)29/h6-9,11-12,16-18,21,25,30,35H,3-5,10,13-15H2,1-2H3/t17-,18?,21-,25+/m0/s1. The van der Waals surface area contributed by atoms with E-state index in [-0.39, 0.29) is 36.7 Å². The maximum atomic E-state index is 13.3. The molecule has 7 nitrogen and oxygen atoms in total. The monoisotopic (exact) mass is 529 g/mol. The van der Waals surface area contributed by atoms with E-state index < -0.39 is 0 Å². The van der Waals surface area contributed by atoms with Gasteiger partial charge in [0.2, 0.25) is 5.91 Å². The average molecular weight is 531 g/mol. The minimum Gasteiger partial charge on any atom is -0.394 e. The average Bonchev–Trinajstić information content (AvgIpc) is 3.31. The summed E-state index contributed by atoms with van der Waals surface area (Å²) in [6, 6.07) is 11.5. The number of carbonyl (C=O) groups excluding carboxylic acids is 1. The van der Waals surface area contributed by atoms with Crippen LogP contribution in [0.5, 0.6) is 0 Å². The lowest BCUT2D eigenvalue weighted by molar-refractivity contribution is -0.138. The molecule has 2 fully saturated rings. The van der Waals surface area contributed by atoms with Gasteiger partial charge in [-0.05, 0) is 69.1 Å². The summed E-state index contributed by atoms with van der Waals surface area (Å²) in [4.78, 5) is 22.0. The number of hydrogen-bond acceptors (Lipinski definition) is 5. The number of imidazole rings is 1. The maximum absolute atomic E-state index is 13.3. The molecular formula is C27H33Cl2N5O2. The van der Waals surface area contributed by atoms with Crippen LogP contribution in [0.15, 0.2) is 42.7 Å². The molecule has 4 atom stereocenters. The number of aliphatic hydroxyl groups excluding tert-OH is 1. The first-order valence-electron chi connectivity index (χ1n) is 12.7. The summed E-state index contributed by atoms with van der Waals surface area (Å²) in [5, 5.41) is 14.8. The largest absolute Gasteiger partial charge is 0.394 e. The number of benzene rings is 2. The van der Waals surface area contributed by atoms with Gasteiger partial charge >= 0.3 is 0 Å². The van der Waals surface area contributed by atoms with Crippen LogP contribution in [0.25, 0.3) is 11.0 Å². The third-order valence-corrected chi connectivity index (χ3v) is 8.23. The zero-order valence-electron chi connectivity index (χ0n) is 20.7. The molecule has 2 aliphatic rings. The van der Waals surface area contributed by atoms with Crippen LogP contribution in [0.3, 0.4) is 0 Å². The summed E-state index contributed by atoms with van der Waals surface area (Å²) in [6.45, 7) is 6.21. The van der Waals surface area contributed by atoms with E-state index in [0.717, 1.165) is 48.1 Å². The van der Waals surface area contributed by atoms with E-state index in [9.17, 15) is 9.90 Å². The summed E-state index contributed by atoms with van der Waals surface area (Å²) in [6.07, 6.45) is 4.88. The highest BCUT2D eigenvalue weighted by molar-refractivity contribution is 6.35. The van der Waals surface area contributed by atoms with Crippen LogP contribution in [0.2, 0.25) is 10.0 Å². The quantitative estimate of drug-likeness (QED) is 0.509. The van der Waals surface area contributed by atoms with E-state index in [1.807, 2.05) is 29.4 Å². The Hall–Kier alpha value is -2.32. The highest BCUT2D eigenvalue weighted by Gasteiger charge is 2.37. The number of fused-ring (bicyclic) bond motifs is 1. The number of anilines is 1. The Morgan fingerprint density at radius 1 is 1.19 bits per heavy atom. The molecule has 1 unspecified atom stereocenters. The molecule has 3 aromatic rings. The van der Waals surface area contributed by atoms with Crippen molar-refractivity contribution in [3.8, 4) is 0 Å². The number of nitrogens with one attached hydrogen (secondary N) is 1. The van der Waals surface area contributed by atoms with E-state index in [0.29, 0.717) is 23.1 Å². The first kappa shape index (κ1) is 25.3. The predicted octanol–water partition coefficient (Wildman–Crippen LogP) is 4.49. The molecule has 2 saturated heterocycles. The second-order valence-electron chi connectivity index (χ2n) is 10.00. The van der Waals surface area contributed by atoms with E-state index in [4.69, 9.17) is 23.2 Å². The minimum atomic E-state index is -0.246. The van der Waals surface area contributed by atoms with Gasteiger partial charge in [0.05, 0.1) is 42.1 Å². The molecule has 0 aliphatic carbocycles. The van der Waals surface area contributed by atoms with Gasteiger partial charge in [-0.2, -0.15) is 0 Å². The van der Waals surface area contributed by atoms with Crippen molar-refractivity contribution in [2.75, 3.05) is 31.1 Å². The number of piperidine rings is 1. The zero-order valence-corrected chi connectivity index (χ0v) is 22.2. The van der Waals surface area contributed by atoms with Crippen molar-refractivity contribution < 1.29 is 9.90 Å². The highest BCUT2D eigenvalue weighted by atomic mass is 35.5. The van der Waals surface area contributed by atoms with Crippen LogP contribution < -0.4 is 10.2 Å². The summed E-state index contributed by atoms with van der Waals surface area (Å²) < 4.78 is 2.12. The molecule has 0 saturated carbocycles. The van der Waals surface area contributed by atoms with Gasteiger partial charge in [-0.25, -0.2) is 4.98 Å². The Balaban J connectivity index is 1.41. The number of rotatable bonds is 5. The summed E-state index contributed by atoms with van der Waals surface area (Å²) >= 11 is 12.6. The Labute approximate surface area is 222 Å². The van der Waals surface area contributed by atoms with Crippen molar-refractivity contribution in [2.24, 2.45) is 0 Å². The number of aromatic nitrogens is 2. The van der Waals surface area contributed by atoms with Crippen molar-refractivity contribution >= 4 is 45.8 Å². The fourth-order valence-electron chi connectivity index (χ4n) is 5.58. The van der Waals surface area contributed by atoms with Crippen LogP contribution in [0.1, 0.15) is 44.7 Å². The lowest BCUT2D eigenvalue weighted by Crippen LogP contribution is -2.63. The van der Waals surface area contributed by atoms with Crippen LogP contribution >= 0.6 is 23.2 Å². The number of nitrogens with zero attached hydrogens (tertiary/aromatic N) is 4. The Morgan fingerprint density at radius 2 is 2.03 bits per heavy atom. The summed E-state index contributed by atoms with van der Waals surface area (Å²) in [5.41, 5.74) is 3.93. The number of hydrogen-bond donors (Lipinski definition) is 2. The van der Waals surface area contributed by atoms with Crippen molar-refractivity contribution in [1.82, 2.24) is 19.8 Å². The van der Waals surface area contributed by atoms with Gasteiger partial charge in [0.15, 0.2) is 0 Å². The fourth-order valence-corrected chi connectivity index (χ4v) is 6.14. The molecule has 9 heteroatoms. The lowest BCUT2D eigenvalue weighted by Gasteiger charge is -2.47. The molecule has 2 N–H and O–H groups in total. The highest BCUT2D eigenvalue weighted by Crippen LogP contribution is 2.33. The molecule has 0 radical (unpaired) electrons. The summed E-state index contributed by atoms with van der Waals surface area (Å²) in [7, 11) is 0. The van der Waals surface area contributed by atoms with Gasteiger partial charge in [-0.15, -0.1) is 0 Å². The molecule has 192 valence electrons. The molecule has 3 heterocycles. The molecule has 0 bridgehead atoms. The smallest absolute Gasteiger partial charge is 0.240 e. The van der Waals surface area contributed by atoms with E-state index in [2.05, 4.69) is 45.7 Å². The van der Waals surface area contributed by atoms with Crippen LogP contribution in [0.4, 0.5) is 5.69 Å². The molecule has 2 aliphatic heterocycles. The van der Waals surface area contributed by atoms with Crippen molar-refractivity contribution in [1.29, 1.82) is 0 Å². The Morgan fingerprint density at radius 3 is 2.75 bits per heavy atom. The fraction of sp³-hybridized carbons (Fsp3) is 0.481. The van der Waals surface area contributed by atoms with Crippen LogP contribution in [0, 0.1) is 0 Å². The van der Waals surface area contributed by atoms with E-state index in [1.165, 1.54) is 0 Å². The van der Waals surface area contributed by atoms with Crippen molar-refractivity contribution in [3.05, 3.63) is 58.3 Å². The van der Waals surface area contributed by atoms with Gasteiger partial charge in [0.25, 0.3) is 0 Å². The van der Waals surface area contributed by atoms with Crippen molar-refractivity contribution in [2.45, 2.75) is 57.3 Å². The minimum absolute atomic E-state index is 0.0323. The van der Waals surface area contributed by atoms with Crippen molar-refractivity contribution in [3.63, 3.8) is 0 Å². The van der Waals surface area contributed by atoms with Gasteiger partial charge < -0.3 is 24.8 Å². The van der Waals surface area contributed by atoms with Gasteiger partial charge in [-0.1, -0.05) is 35.7 Å². The summed E-state index contributed by atoms with van der Waals surface area (Å²) in [5.74, 6) is 0.113. The van der Waals surface area contributed by atoms with Gasteiger partial charge in [0, 0.05) is 34.9 Å². The Bertz CT molecular complexity index is 1240. The first-order valence-corrected chi connectivity index (χ1v) is 13.5. The van der Waals surface area contributed by atoms with Gasteiger partial charge in [-0.3, -0.25) is 4.79 Å². The third-order valence-electron chi connectivity index (χ3n) is 7.66. The number of piperazine rings is 1. The third kappa shape index (κ3) is 4.82. The zero-order chi connectivity index (χ0) is 25.4. The van der Waals surface area contributed by atoms with E-state index in [1.54, 1.807) is 6.07 Å². The number of carbonyl (C=O) groups is 1. The number of amides is 1. The SMILES string of the molecule is CC(c1ccc(Cl)cc1Cl)n1cnc2ccc(N3C[C@@H](CO)N(C(=O)[C@H]4CCCCN4)C[C@@H]3C)cc21. The molecule has 5 rings (SSSR count). The predicted molar refractivity (Wildman–Crippen MR) is 145 cm³/mol. The molecule has 1 aromatic heterocycles. The Kier molecular flexibility index (Phi) is 7.45. The molecule has 1 amide bonds. The topological polar surface area (TPSA) is 73.6 Å². The van der Waals surface area contributed by atoms with E-state index >= 15 is 0 Å². The maximum Gasteiger partial charge on any atom is 0.240 e. The lowest BCUT2D eigenvalue weighted by atomic mass is 10.00. The molecule has 36 heavy (non-hydrogen) atoms. The molecular weight excluding hydrogens is 497 g/mol. The normalized spacial score (nSPS) is 23.8.